The van der Waals surface area contributed by atoms with Crippen LogP contribution in [0.1, 0.15) is 12.5 Å². The van der Waals surface area contributed by atoms with E-state index in [1.165, 1.54) is 5.39 Å². The second kappa shape index (κ2) is 8.40. The number of fused-ring (bicyclic) bond motifs is 3. The minimum Gasteiger partial charge on any atom is -0.294 e. The van der Waals surface area contributed by atoms with E-state index in [-0.39, 0.29) is 0 Å². The van der Waals surface area contributed by atoms with Crippen molar-refractivity contribution in [3.8, 4) is 16.9 Å². The first-order valence-electron chi connectivity index (χ1n) is 10.5. The lowest BCUT2D eigenvalue weighted by Crippen LogP contribution is -1.98. The van der Waals surface area contributed by atoms with E-state index in [1.54, 1.807) is 0 Å². The standard InChI is InChI=1S/C27H21ClN4/c1-3-30-27(29-2)20-14-19(15-21(28)16-20)18-11-12-25-23(17-18)22-8-4-5-9-24(22)32(25)26-10-6-7-13-31-26/h4-17H,2-3H2,1H3. The predicted octanol–water partition coefficient (Wildman–Crippen LogP) is 6.97. The SMILES string of the molecule is C=NC(=NCC)c1cc(Cl)cc(-c2ccc3c(c2)c2ccccc2n3-c2ccccn2)c1. The van der Waals surface area contributed by atoms with E-state index in [1.807, 2.05) is 43.5 Å². The number of halogens is 1. The third-order valence-corrected chi connectivity index (χ3v) is 5.72. The average molecular weight is 437 g/mol. The van der Waals surface area contributed by atoms with Gasteiger partial charge in [-0.1, -0.05) is 41.9 Å². The molecule has 0 saturated carbocycles. The molecule has 0 radical (unpaired) electrons. The van der Waals surface area contributed by atoms with Gasteiger partial charge in [0.2, 0.25) is 0 Å². The summed E-state index contributed by atoms with van der Waals surface area (Å²) in [6, 6.07) is 26.8. The summed E-state index contributed by atoms with van der Waals surface area (Å²) < 4.78 is 2.20. The number of rotatable bonds is 4. The summed E-state index contributed by atoms with van der Waals surface area (Å²) >= 11 is 6.47. The molecule has 0 aliphatic carbocycles. The summed E-state index contributed by atoms with van der Waals surface area (Å²) in [7, 11) is 0. The first-order valence-corrected chi connectivity index (χ1v) is 10.8. The number of hydrogen-bond acceptors (Lipinski definition) is 2. The largest absolute Gasteiger partial charge is 0.294 e. The summed E-state index contributed by atoms with van der Waals surface area (Å²) in [4.78, 5) is 13.1. The number of para-hydroxylation sites is 1. The Morgan fingerprint density at radius 2 is 1.72 bits per heavy atom. The molecule has 5 aromatic rings. The van der Waals surface area contributed by atoms with Crippen molar-refractivity contribution in [2.24, 2.45) is 9.98 Å². The van der Waals surface area contributed by atoms with Crippen molar-refractivity contribution in [1.29, 1.82) is 0 Å². The summed E-state index contributed by atoms with van der Waals surface area (Å²) in [5.74, 6) is 1.50. The second-order valence-corrected chi connectivity index (χ2v) is 7.89. The van der Waals surface area contributed by atoms with Gasteiger partial charge in [-0.05, 0) is 73.3 Å². The number of nitrogens with zero attached hydrogens (tertiary/aromatic N) is 4. The van der Waals surface area contributed by atoms with Gasteiger partial charge in [-0.2, -0.15) is 0 Å². The minimum atomic E-state index is 0.601. The van der Waals surface area contributed by atoms with Crippen molar-refractivity contribution < 1.29 is 0 Å². The van der Waals surface area contributed by atoms with E-state index >= 15 is 0 Å². The second-order valence-electron chi connectivity index (χ2n) is 7.46. The summed E-state index contributed by atoms with van der Waals surface area (Å²) in [6.07, 6.45) is 1.82. The molecule has 0 fully saturated rings. The van der Waals surface area contributed by atoms with Crippen molar-refractivity contribution in [2.45, 2.75) is 6.92 Å². The smallest absolute Gasteiger partial charge is 0.153 e. The average Bonchev–Trinajstić information content (AvgIpc) is 3.16. The van der Waals surface area contributed by atoms with E-state index in [2.05, 4.69) is 74.8 Å². The van der Waals surface area contributed by atoms with Crippen LogP contribution < -0.4 is 0 Å². The summed E-state index contributed by atoms with van der Waals surface area (Å²) in [5.41, 5.74) is 5.18. The zero-order valence-corrected chi connectivity index (χ0v) is 18.4. The zero-order chi connectivity index (χ0) is 22.1. The Kier molecular flexibility index (Phi) is 5.29. The van der Waals surface area contributed by atoms with Gasteiger partial charge in [-0.3, -0.25) is 9.56 Å². The fourth-order valence-corrected chi connectivity index (χ4v) is 4.39. The molecule has 3 aromatic carbocycles. The third kappa shape index (κ3) is 3.49. The number of aromatic nitrogens is 2. The molecule has 5 heteroatoms. The first kappa shape index (κ1) is 20.2. The van der Waals surface area contributed by atoms with Crippen molar-refractivity contribution in [3.05, 3.63) is 95.6 Å². The Hall–Kier alpha value is -3.76. The van der Waals surface area contributed by atoms with Crippen LogP contribution in [0.15, 0.2) is 95.0 Å². The molecule has 0 bridgehead atoms. The van der Waals surface area contributed by atoms with Gasteiger partial charge in [0.25, 0.3) is 0 Å². The molecule has 5 rings (SSSR count). The van der Waals surface area contributed by atoms with Crippen LogP contribution in [-0.2, 0) is 0 Å². The quantitative estimate of drug-likeness (QED) is 0.221. The highest BCUT2D eigenvalue weighted by atomic mass is 35.5. The van der Waals surface area contributed by atoms with Crippen molar-refractivity contribution >= 4 is 46.0 Å². The van der Waals surface area contributed by atoms with Crippen LogP contribution in [0.5, 0.6) is 0 Å². The Morgan fingerprint density at radius 3 is 2.50 bits per heavy atom. The van der Waals surface area contributed by atoms with Gasteiger partial charge in [0.1, 0.15) is 5.82 Å². The van der Waals surface area contributed by atoms with Gasteiger partial charge in [-0.15, -0.1) is 0 Å². The van der Waals surface area contributed by atoms with E-state index < -0.39 is 0 Å². The molecule has 0 amide bonds. The monoisotopic (exact) mass is 436 g/mol. The van der Waals surface area contributed by atoms with Gasteiger partial charge >= 0.3 is 0 Å². The van der Waals surface area contributed by atoms with Gasteiger partial charge in [-0.25, -0.2) is 9.98 Å². The molecular formula is C27H21ClN4. The van der Waals surface area contributed by atoms with E-state index in [4.69, 9.17) is 11.6 Å². The normalized spacial score (nSPS) is 11.9. The summed E-state index contributed by atoms with van der Waals surface area (Å²) in [5, 5.41) is 2.98. The van der Waals surface area contributed by atoms with Gasteiger partial charge in [0, 0.05) is 34.1 Å². The van der Waals surface area contributed by atoms with Gasteiger partial charge < -0.3 is 0 Å². The molecule has 0 unspecified atom stereocenters. The van der Waals surface area contributed by atoms with Gasteiger partial charge in [0.05, 0.1) is 11.0 Å². The summed E-state index contributed by atoms with van der Waals surface area (Å²) in [6.45, 7) is 6.27. The van der Waals surface area contributed by atoms with E-state index in [0.29, 0.717) is 17.4 Å². The number of benzene rings is 3. The van der Waals surface area contributed by atoms with Crippen LogP contribution >= 0.6 is 11.6 Å². The van der Waals surface area contributed by atoms with Crippen LogP contribution in [0, 0.1) is 0 Å². The first-order chi connectivity index (χ1) is 15.7. The van der Waals surface area contributed by atoms with Crippen LogP contribution in [0.4, 0.5) is 0 Å². The van der Waals surface area contributed by atoms with Crippen LogP contribution in [0.2, 0.25) is 5.02 Å². The molecule has 2 heterocycles. The molecule has 0 spiro atoms. The van der Waals surface area contributed by atoms with Crippen molar-refractivity contribution in [3.63, 3.8) is 0 Å². The van der Waals surface area contributed by atoms with E-state index in [9.17, 15) is 0 Å². The van der Waals surface area contributed by atoms with Crippen LogP contribution in [-0.4, -0.2) is 28.6 Å². The van der Waals surface area contributed by atoms with Crippen molar-refractivity contribution in [1.82, 2.24) is 9.55 Å². The maximum Gasteiger partial charge on any atom is 0.153 e. The third-order valence-electron chi connectivity index (χ3n) is 5.50. The molecule has 0 saturated heterocycles. The Morgan fingerprint density at radius 1 is 0.906 bits per heavy atom. The highest BCUT2D eigenvalue weighted by Crippen LogP contribution is 2.35. The Bertz CT molecular complexity index is 1480. The lowest BCUT2D eigenvalue weighted by atomic mass is 10.0. The Labute approximate surface area is 191 Å². The Balaban J connectivity index is 1.74. The van der Waals surface area contributed by atoms with Crippen LogP contribution in [0.25, 0.3) is 38.8 Å². The van der Waals surface area contributed by atoms with Crippen molar-refractivity contribution in [2.75, 3.05) is 6.54 Å². The molecule has 2 aromatic heterocycles. The topological polar surface area (TPSA) is 42.5 Å². The van der Waals surface area contributed by atoms with E-state index in [0.717, 1.165) is 38.9 Å². The molecule has 0 atom stereocenters. The maximum atomic E-state index is 6.47. The fraction of sp³-hybridized carbons (Fsp3) is 0.0741. The highest BCUT2D eigenvalue weighted by molar-refractivity contribution is 6.31. The number of pyridine rings is 1. The highest BCUT2D eigenvalue weighted by Gasteiger charge is 2.14. The molecule has 0 aliphatic rings. The number of hydrogen-bond donors (Lipinski definition) is 0. The van der Waals surface area contributed by atoms with Gasteiger partial charge in [0.15, 0.2) is 5.84 Å². The maximum absolute atomic E-state index is 6.47. The number of amidine groups is 1. The van der Waals surface area contributed by atoms with Crippen LogP contribution in [0.3, 0.4) is 0 Å². The zero-order valence-electron chi connectivity index (χ0n) is 17.7. The molecule has 32 heavy (non-hydrogen) atoms. The molecule has 0 N–H and O–H groups in total. The molecule has 4 nitrogen and oxygen atoms in total. The molecular weight excluding hydrogens is 416 g/mol. The predicted molar refractivity (Wildman–Crippen MR) is 136 cm³/mol. The minimum absolute atomic E-state index is 0.601. The number of aliphatic imine (C=N–C) groups is 2. The fourth-order valence-electron chi connectivity index (χ4n) is 4.15. The lowest BCUT2D eigenvalue weighted by molar-refractivity contribution is 1.08. The molecule has 0 aliphatic heterocycles. The molecule has 156 valence electrons. The lowest BCUT2D eigenvalue weighted by Gasteiger charge is -2.09.